The molecule has 0 amide bonds. The van der Waals surface area contributed by atoms with E-state index in [9.17, 15) is 4.79 Å². The monoisotopic (exact) mass is 525 g/mol. The van der Waals surface area contributed by atoms with E-state index in [4.69, 9.17) is 13.8 Å². The second-order valence-corrected chi connectivity index (χ2v) is 16.2. The van der Waals surface area contributed by atoms with Gasteiger partial charge in [-0.15, -0.1) is 0 Å². The summed E-state index contributed by atoms with van der Waals surface area (Å²) in [5.41, 5.74) is 4.13. The standard InChI is InChI=1S/C31H35N3O3Si/c1-21-15-16-24(36-21)19-27-30(35)34-20-28(32-26(29(34)33-27)17-22-11-8-7-9-12-22)23-13-10-14-25(18-23)37-38(5,6)31(2,3)4/h7-16,18,20,32H,17,19H2,1-6H3. The van der Waals surface area contributed by atoms with E-state index in [0.717, 1.165) is 39.8 Å². The van der Waals surface area contributed by atoms with Gasteiger partial charge in [0.25, 0.3) is 5.56 Å². The van der Waals surface area contributed by atoms with E-state index < -0.39 is 8.32 Å². The highest BCUT2D eigenvalue weighted by molar-refractivity contribution is 6.74. The highest BCUT2D eigenvalue weighted by Gasteiger charge is 2.39. The van der Waals surface area contributed by atoms with Gasteiger partial charge in [-0.25, -0.2) is 4.98 Å². The average Bonchev–Trinajstić information content (AvgIpc) is 3.41. The molecule has 2 aliphatic heterocycles. The molecule has 0 saturated heterocycles. The third-order valence-corrected chi connectivity index (χ3v) is 11.8. The number of H-pyrrole nitrogens is 1. The third kappa shape index (κ3) is 5.24. The van der Waals surface area contributed by atoms with Crippen molar-refractivity contribution in [3.05, 3.63) is 112 Å². The van der Waals surface area contributed by atoms with Gasteiger partial charge in [0.05, 0.1) is 17.8 Å². The maximum Gasteiger partial charge on any atom is 0.278 e. The minimum Gasteiger partial charge on any atom is -0.543 e. The van der Waals surface area contributed by atoms with E-state index >= 15 is 0 Å². The molecular weight excluding hydrogens is 490 g/mol. The van der Waals surface area contributed by atoms with Gasteiger partial charge in [0.2, 0.25) is 8.32 Å². The molecule has 0 saturated carbocycles. The molecular formula is C31H35N3O3Si. The Hall–Kier alpha value is -3.84. The summed E-state index contributed by atoms with van der Waals surface area (Å²) in [4.78, 5) is 21.9. The largest absolute Gasteiger partial charge is 0.543 e. The van der Waals surface area contributed by atoms with Crippen LogP contribution < -0.4 is 9.99 Å². The van der Waals surface area contributed by atoms with Crippen LogP contribution in [0.2, 0.25) is 18.1 Å². The SMILES string of the molecule is Cc1ccc(Cc2nc3c(Cc4ccccc4)[nH]c(-c4cccc(O[Si](C)(C)C(C)(C)C)c4)cn-3c2=O)o1. The van der Waals surface area contributed by atoms with Crippen LogP contribution in [0.5, 0.6) is 5.75 Å². The van der Waals surface area contributed by atoms with Gasteiger partial charge in [-0.05, 0) is 54.9 Å². The molecule has 3 aromatic rings. The number of fused-ring (bicyclic) bond motifs is 1. The minimum atomic E-state index is -2.00. The fraction of sp³-hybridized carbons (Fsp3) is 0.290. The molecule has 0 atom stereocenters. The molecule has 196 valence electrons. The summed E-state index contributed by atoms with van der Waals surface area (Å²) in [6, 6.07) is 22.1. The van der Waals surface area contributed by atoms with Crippen LogP contribution in [0.1, 0.15) is 49.2 Å². The molecule has 0 bridgehead atoms. The highest BCUT2D eigenvalue weighted by atomic mass is 28.4. The summed E-state index contributed by atoms with van der Waals surface area (Å²) in [5.74, 6) is 3.02. The van der Waals surface area contributed by atoms with Gasteiger partial charge in [-0.3, -0.25) is 9.36 Å². The smallest absolute Gasteiger partial charge is 0.278 e. The molecule has 38 heavy (non-hydrogen) atoms. The summed E-state index contributed by atoms with van der Waals surface area (Å²) in [6.07, 6.45) is 2.82. The average molecular weight is 526 g/mol. The number of hydrogen-bond donors (Lipinski definition) is 1. The lowest BCUT2D eigenvalue weighted by Crippen LogP contribution is -2.43. The Morgan fingerprint density at radius 2 is 1.76 bits per heavy atom. The van der Waals surface area contributed by atoms with Crippen LogP contribution in [0.25, 0.3) is 17.1 Å². The Morgan fingerprint density at radius 1 is 1.00 bits per heavy atom. The molecule has 0 unspecified atom stereocenters. The van der Waals surface area contributed by atoms with Crippen LogP contribution >= 0.6 is 0 Å². The van der Waals surface area contributed by atoms with Crippen LogP contribution in [-0.2, 0) is 12.8 Å². The van der Waals surface area contributed by atoms with E-state index in [-0.39, 0.29) is 10.6 Å². The van der Waals surface area contributed by atoms with Crippen molar-refractivity contribution in [2.24, 2.45) is 0 Å². The zero-order valence-corrected chi connectivity index (χ0v) is 24.0. The summed E-state index contributed by atoms with van der Waals surface area (Å²) in [5, 5.41) is 0.0914. The second kappa shape index (κ2) is 9.80. The number of hydrogen-bond acceptors (Lipinski definition) is 4. The predicted molar refractivity (Wildman–Crippen MR) is 154 cm³/mol. The van der Waals surface area contributed by atoms with E-state index in [2.05, 4.69) is 57.0 Å². The number of rotatable bonds is 7. The minimum absolute atomic E-state index is 0.0914. The Labute approximate surface area is 224 Å². The number of nitrogens with zero attached hydrogens (tertiary/aromatic N) is 2. The third-order valence-electron chi connectivity index (χ3n) is 7.43. The van der Waals surface area contributed by atoms with Gasteiger partial charge in [-0.2, -0.15) is 0 Å². The first-order chi connectivity index (χ1) is 18.0. The lowest BCUT2D eigenvalue weighted by molar-refractivity contribution is 0.491. The molecule has 0 spiro atoms. The second-order valence-electron chi connectivity index (χ2n) is 11.4. The van der Waals surface area contributed by atoms with Gasteiger partial charge in [-0.1, -0.05) is 63.2 Å². The Balaban J connectivity index is 1.59. The maximum atomic E-state index is 13.5. The van der Waals surface area contributed by atoms with Crippen molar-refractivity contribution >= 4 is 8.32 Å². The summed E-state index contributed by atoms with van der Waals surface area (Å²) >= 11 is 0. The van der Waals surface area contributed by atoms with Gasteiger partial charge in [0, 0.05) is 18.2 Å². The lowest BCUT2D eigenvalue weighted by atomic mass is 10.1. The summed E-state index contributed by atoms with van der Waals surface area (Å²) in [6.45, 7) is 13.1. The van der Waals surface area contributed by atoms with Crippen molar-refractivity contribution in [1.29, 1.82) is 0 Å². The molecule has 7 heteroatoms. The Bertz CT molecular complexity index is 1590. The predicted octanol–water partition coefficient (Wildman–Crippen LogP) is 7.13. The number of aromatic amines is 1. The van der Waals surface area contributed by atoms with E-state index in [1.54, 1.807) is 4.57 Å². The zero-order valence-electron chi connectivity index (χ0n) is 23.0. The molecule has 1 aromatic heterocycles. The van der Waals surface area contributed by atoms with E-state index in [1.807, 2.05) is 61.7 Å². The molecule has 2 aromatic carbocycles. The van der Waals surface area contributed by atoms with Crippen LogP contribution in [0.15, 0.2) is 82.1 Å². The normalized spacial score (nSPS) is 12.3. The molecule has 2 aliphatic rings. The lowest BCUT2D eigenvalue weighted by Gasteiger charge is -2.36. The van der Waals surface area contributed by atoms with Crippen LogP contribution in [-0.4, -0.2) is 22.9 Å². The fourth-order valence-corrected chi connectivity index (χ4v) is 5.30. The zero-order chi connectivity index (χ0) is 27.1. The van der Waals surface area contributed by atoms with Crippen molar-refractivity contribution in [3.8, 4) is 22.8 Å². The molecule has 5 rings (SSSR count). The molecule has 0 radical (unpaired) electrons. The molecule has 3 heterocycles. The first-order valence-electron chi connectivity index (χ1n) is 13.0. The van der Waals surface area contributed by atoms with Gasteiger partial charge in [0.15, 0.2) is 5.82 Å². The first-order valence-corrected chi connectivity index (χ1v) is 15.9. The number of nitrogens with one attached hydrogen (secondary N) is 1. The van der Waals surface area contributed by atoms with Crippen LogP contribution in [0, 0.1) is 6.92 Å². The van der Waals surface area contributed by atoms with Crippen molar-refractivity contribution in [3.63, 3.8) is 0 Å². The Morgan fingerprint density at radius 3 is 2.45 bits per heavy atom. The number of aromatic nitrogens is 3. The molecule has 0 aliphatic carbocycles. The molecule has 6 nitrogen and oxygen atoms in total. The summed E-state index contributed by atoms with van der Waals surface area (Å²) < 4.78 is 14.0. The van der Waals surface area contributed by atoms with Gasteiger partial charge >= 0.3 is 0 Å². The number of aryl methyl sites for hydroxylation is 1. The Kier molecular flexibility index (Phi) is 6.65. The maximum absolute atomic E-state index is 13.5. The van der Waals surface area contributed by atoms with Crippen molar-refractivity contribution in [2.75, 3.05) is 0 Å². The van der Waals surface area contributed by atoms with Crippen molar-refractivity contribution in [2.45, 2.75) is 58.7 Å². The quantitative estimate of drug-likeness (QED) is 0.229. The van der Waals surface area contributed by atoms with Crippen molar-refractivity contribution in [1.82, 2.24) is 14.5 Å². The van der Waals surface area contributed by atoms with Gasteiger partial charge < -0.3 is 13.8 Å². The number of furan rings is 1. The number of benzene rings is 2. The van der Waals surface area contributed by atoms with Crippen molar-refractivity contribution < 1.29 is 8.84 Å². The van der Waals surface area contributed by atoms with E-state index in [1.165, 1.54) is 0 Å². The van der Waals surface area contributed by atoms with Crippen LogP contribution in [0.3, 0.4) is 0 Å². The summed E-state index contributed by atoms with van der Waals surface area (Å²) in [7, 11) is -2.00. The molecule has 1 N–H and O–H groups in total. The highest BCUT2D eigenvalue weighted by Crippen LogP contribution is 2.38. The van der Waals surface area contributed by atoms with E-state index in [0.29, 0.717) is 24.4 Å². The van der Waals surface area contributed by atoms with Gasteiger partial charge in [0.1, 0.15) is 23.0 Å². The first kappa shape index (κ1) is 25.8. The molecule has 0 fully saturated rings. The fourth-order valence-electron chi connectivity index (χ4n) is 4.28. The topological polar surface area (TPSA) is 73.0 Å². The number of imidazole rings is 1. The van der Waals surface area contributed by atoms with Crippen LogP contribution in [0.4, 0.5) is 0 Å².